The van der Waals surface area contributed by atoms with Crippen LogP contribution in [-0.2, 0) is 0 Å². The van der Waals surface area contributed by atoms with Crippen molar-refractivity contribution >= 4 is 5.84 Å². The van der Waals surface area contributed by atoms with Gasteiger partial charge in [-0.2, -0.15) is 0 Å². The van der Waals surface area contributed by atoms with E-state index in [0.29, 0.717) is 11.9 Å². The second-order valence-electron chi connectivity index (χ2n) is 5.44. The highest BCUT2D eigenvalue weighted by atomic mass is 16.4. The van der Waals surface area contributed by atoms with Gasteiger partial charge in [0.05, 0.1) is 0 Å². The molecule has 1 heterocycles. The number of oxime groups is 1. The lowest BCUT2D eigenvalue weighted by atomic mass is 9.85. The van der Waals surface area contributed by atoms with Gasteiger partial charge in [-0.15, -0.1) is 0 Å². The third-order valence-corrected chi connectivity index (χ3v) is 3.85. The molecule has 0 aromatic heterocycles. The fourth-order valence-electron chi connectivity index (χ4n) is 2.62. The Kier molecular flexibility index (Phi) is 4.59. The van der Waals surface area contributed by atoms with Crippen molar-refractivity contribution < 1.29 is 5.21 Å². The van der Waals surface area contributed by atoms with Crippen LogP contribution in [0.4, 0.5) is 0 Å². The predicted molar refractivity (Wildman–Crippen MR) is 66.6 cm³/mol. The van der Waals surface area contributed by atoms with Gasteiger partial charge in [0.15, 0.2) is 0 Å². The molecule has 1 aliphatic heterocycles. The SMILES string of the molecule is CC1CC(C)C(C)N(CC(C)C(N)=NO)C1. The first-order valence-electron chi connectivity index (χ1n) is 6.17. The zero-order valence-corrected chi connectivity index (χ0v) is 10.8. The molecule has 0 radical (unpaired) electrons. The van der Waals surface area contributed by atoms with Crippen LogP contribution in [-0.4, -0.2) is 35.1 Å². The maximum absolute atomic E-state index is 8.65. The van der Waals surface area contributed by atoms with Crippen molar-refractivity contribution in [2.45, 2.75) is 40.2 Å². The van der Waals surface area contributed by atoms with Crippen LogP contribution < -0.4 is 5.73 Å². The molecule has 0 aliphatic carbocycles. The van der Waals surface area contributed by atoms with Crippen molar-refractivity contribution in [2.75, 3.05) is 13.1 Å². The highest BCUT2D eigenvalue weighted by molar-refractivity contribution is 5.82. The van der Waals surface area contributed by atoms with Gasteiger partial charge in [0, 0.05) is 25.0 Å². The monoisotopic (exact) mass is 227 g/mol. The maximum atomic E-state index is 8.65. The average molecular weight is 227 g/mol. The molecule has 1 rings (SSSR count). The summed E-state index contributed by atoms with van der Waals surface area (Å²) in [5.74, 6) is 1.91. The van der Waals surface area contributed by atoms with Crippen molar-refractivity contribution in [1.82, 2.24) is 4.90 Å². The van der Waals surface area contributed by atoms with E-state index < -0.39 is 0 Å². The topological polar surface area (TPSA) is 61.8 Å². The molecule has 3 N–H and O–H groups in total. The minimum absolute atomic E-state index is 0.116. The van der Waals surface area contributed by atoms with Crippen molar-refractivity contribution in [3.05, 3.63) is 0 Å². The number of hydrogen-bond acceptors (Lipinski definition) is 3. The molecule has 0 saturated carbocycles. The molecule has 0 spiro atoms. The number of likely N-dealkylation sites (tertiary alicyclic amines) is 1. The zero-order valence-electron chi connectivity index (χ0n) is 10.8. The number of nitrogens with zero attached hydrogens (tertiary/aromatic N) is 2. The van der Waals surface area contributed by atoms with Crippen LogP contribution in [0.25, 0.3) is 0 Å². The summed E-state index contributed by atoms with van der Waals surface area (Å²) in [6.45, 7) is 10.9. The molecule has 1 fully saturated rings. The minimum atomic E-state index is 0.116. The fraction of sp³-hybridized carbons (Fsp3) is 0.917. The van der Waals surface area contributed by atoms with E-state index in [1.807, 2.05) is 6.92 Å². The van der Waals surface area contributed by atoms with Crippen LogP contribution in [0.15, 0.2) is 5.16 Å². The van der Waals surface area contributed by atoms with E-state index in [9.17, 15) is 0 Å². The van der Waals surface area contributed by atoms with Crippen LogP contribution >= 0.6 is 0 Å². The fourth-order valence-corrected chi connectivity index (χ4v) is 2.62. The molecule has 4 nitrogen and oxygen atoms in total. The van der Waals surface area contributed by atoms with Gasteiger partial charge < -0.3 is 10.9 Å². The summed E-state index contributed by atoms with van der Waals surface area (Å²) in [6, 6.07) is 0.588. The number of nitrogens with two attached hydrogens (primary N) is 1. The molecular formula is C12H25N3O. The van der Waals surface area contributed by atoms with Gasteiger partial charge in [-0.05, 0) is 25.2 Å². The Hall–Kier alpha value is -0.770. The second-order valence-corrected chi connectivity index (χ2v) is 5.44. The smallest absolute Gasteiger partial charge is 0.143 e. The van der Waals surface area contributed by atoms with Crippen molar-refractivity contribution in [1.29, 1.82) is 0 Å². The summed E-state index contributed by atoms with van der Waals surface area (Å²) >= 11 is 0. The summed E-state index contributed by atoms with van der Waals surface area (Å²) in [5.41, 5.74) is 5.62. The quantitative estimate of drug-likeness (QED) is 0.334. The minimum Gasteiger partial charge on any atom is -0.409 e. The summed E-state index contributed by atoms with van der Waals surface area (Å²) < 4.78 is 0. The summed E-state index contributed by atoms with van der Waals surface area (Å²) in [7, 11) is 0. The molecule has 4 unspecified atom stereocenters. The number of hydrogen-bond donors (Lipinski definition) is 2. The van der Waals surface area contributed by atoms with Crippen molar-refractivity contribution in [2.24, 2.45) is 28.6 Å². The largest absolute Gasteiger partial charge is 0.409 e. The molecule has 16 heavy (non-hydrogen) atoms. The number of piperidine rings is 1. The lowest BCUT2D eigenvalue weighted by Crippen LogP contribution is -2.48. The summed E-state index contributed by atoms with van der Waals surface area (Å²) in [5, 5.41) is 11.7. The first-order chi connectivity index (χ1) is 7.45. The van der Waals surface area contributed by atoms with E-state index in [-0.39, 0.29) is 5.92 Å². The number of amidine groups is 1. The highest BCUT2D eigenvalue weighted by Gasteiger charge is 2.29. The average Bonchev–Trinajstić information content (AvgIpc) is 2.23. The van der Waals surface area contributed by atoms with E-state index in [4.69, 9.17) is 10.9 Å². The van der Waals surface area contributed by atoms with Gasteiger partial charge in [-0.3, -0.25) is 4.90 Å². The molecule has 0 aromatic carbocycles. The molecule has 1 aliphatic rings. The van der Waals surface area contributed by atoms with E-state index >= 15 is 0 Å². The van der Waals surface area contributed by atoms with Crippen LogP contribution in [0.3, 0.4) is 0 Å². The Balaban J connectivity index is 2.58. The van der Waals surface area contributed by atoms with Gasteiger partial charge in [0.25, 0.3) is 0 Å². The molecule has 4 heteroatoms. The Bertz CT molecular complexity index is 255. The standard InChI is InChI=1S/C12H25N3O/c1-8-5-9(2)11(4)15(6-8)7-10(3)12(13)14-16/h8-11,16H,5-7H2,1-4H3,(H2,13,14). The van der Waals surface area contributed by atoms with Gasteiger partial charge in [-0.1, -0.05) is 25.9 Å². The Morgan fingerprint density at radius 1 is 1.50 bits per heavy atom. The van der Waals surface area contributed by atoms with Gasteiger partial charge >= 0.3 is 0 Å². The van der Waals surface area contributed by atoms with Crippen LogP contribution in [0.1, 0.15) is 34.1 Å². The van der Waals surface area contributed by atoms with E-state index in [1.165, 1.54) is 6.42 Å². The Morgan fingerprint density at radius 2 is 2.12 bits per heavy atom. The van der Waals surface area contributed by atoms with Crippen molar-refractivity contribution in [3.8, 4) is 0 Å². The Morgan fingerprint density at radius 3 is 2.69 bits per heavy atom. The molecule has 0 bridgehead atoms. The highest BCUT2D eigenvalue weighted by Crippen LogP contribution is 2.27. The lowest BCUT2D eigenvalue weighted by molar-refractivity contribution is 0.0737. The van der Waals surface area contributed by atoms with Gasteiger partial charge in [-0.25, -0.2) is 0 Å². The number of rotatable bonds is 3. The lowest BCUT2D eigenvalue weighted by Gasteiger charge is -2.42. The molecule has 4 atom stereocenters. The molecule has 0 aromatic rings. The first-order valence-corrected chi connectivity index (χ1v) is 6.17. The molecule has 94 valence electrons. The second kappa shape index (κ2) is 5.53. The van der Waals surface area contributed by atoms with E-state index in [1.54, 1.807) is 0 Å². The van der Waals surface area contributed by atoms with Crippen LogP contribution in [0, 0.1) is 17.8 Å². The van der Waals surface area contributed by atoms with Gasteiger partial charge in [0.2, 0.25) is 0 Å². The third-order valence-electron chi connectivity index (χ3n) is 3.85. The predicted octanol–water partition coefficient (Wildman–Crippen LogP) is 1.74. The Labute approximate surface area is 98.5 Å². The van der Waals surface area contributed by atoms with E-state index in [2.05, 4.69) is 30.8 Å². The normalized spacial score (nSPS) is 35.0. The summed E-state index contributed by atoms with van der Waals surface area (Å²) in [4.78, 5) is 2.46. The summed E-state index contributed by atoms with van der Waals surface area (Å²) in [6.07, 6.45) is 1.30. The zero-order chi connectivity index (χ0) is 12.3. The van der Waals surface area contributed by atoms with E-state index in [0.717, 1.165) is 24.9 Å². The molecule has 0 amide bonds. The molecular weight excluding hydrogens is 202 g/mol. The first kappa shape index (κ1) is 13.3. The third kappa shape index (κ3) is 3.11. The van der Waals surface area contributed by atoms with Crippen LogP contribution in [0.5, 0.6) is 0 Å². The van der Waals surface area contributed by atoms with Crippen molar-refractivity contribution in [3.63, 3.8) is 0 Å². The maximum Gasteiger partial charge on any atom is 0.143 e. The molecule has 1 saturated heterocycles. The van der Waals surface area contributed by atoms with Gasteiger partial charge in [0.1, 0.15) is 5.84 Å². The van der Waals surface area contributed by atoms with Crippen LogP contribution in [0.2, 0.25) is 0 Å².